The van der Waals surface area contributed by atoms with Crippen LogP contribution < -0.4 is 0 Å². The van der Waals surface area contributed by atoms with E-state index in [4.69, 9.17) is 9.15 Å². The van der Waals surface area contributed by atoms with Crippen LogP contribution >= 0.6 is 0 Å². The number of hydrogen-bond donors (Lipinski definition) is 0. The van der Waals surface area contributed by atoms with Gasteiger partial charge in [0.05, 0.1) is 19.3 Å². The molecule has 0 saturated heterocycles. The molecule has 1 saturated carbocycles. The van der Waals surface area contributed by atoms with Crippen molar-refractivity contribution in [2.75, 3.05) is 13.7 Å². The summed E-state index contributed by atoms with van der Waals surface area (Å²) in [6, 6.07) is 3.67. The van der Waals surface area contributed by atoms with Gasteiger partial charge in [0.2, 0.25) is 0 Å². The second kappa shape index (κ2) is 5.48. The third kappa shape index (κ3) is 2.53. The smallest absolute Gasteiger partial charge is 0.143 e. The summed E-state index contributed by atoms with van der Waals surface area (Å²) < 4.78 is 10.6. The lowest BCUT2D eigenvalue weighted by molar-refractivity contribution is -0.128. The van der Waals surface area contributed by atoms with E-state index in [1.165, 1.54) is 0 Å². The van der Waals surface area contributed by atoms with Gasteiger partial charge in [-0.25, -0.2) is 0 Å². The van der Waals surface area contributed by atoms with Crippen molar-refractivity contribution in [3.05, 3.63) is 24.2 Å². The SMILES string of the molecule is COC[C@H]1[C@@H](C)C(=O)CC(=O)C[C@H]1c1ccco1. The van der Waals surface area contributed by atoms with Crippen molar-refractivity contribution < 1.29 is 18.7 Å². The molecule has 4 nitrogen and oxygen atoms in total. The second-order valence-corrected chi connectivity index (χ2v) is 4.92. The summed E-state index contributed by atoms with van der Waals surface area (Å²) in [5, 5.41) is 0. The highest BCUT2D eigenvalue weighted by molar-refractivity contribution is 6.01. The number of carbonyl (C=O) groups excluding carboxylic acids is 2. The molecular formula is C14H18O4. The molecule has 0 radical (unpaired) electrons. The number of ketones is 2. The van der Waals surface area contributed by atoms with Crippen LogP contribution in [0.1, 0.15) is 31.4 Å². The Labute approximate surface area is 106 Å². The number of ether oxygens (including phenoxy) is 1. The lowest BCUT2D eigenvalue weighted by Gasteiger charge is -2.26. The maximum absolute atomic E-state index is 11.9. The molecule has 0 spiro atoms. The van der Waals surface area contributed by atoms with Crippen molar-refractivity contribution in [2.45, 2.75) is 25.7 Å². The molecule has 1 aliphatic carbocycles. The minimum Gasteiger partial charge on any atom is -0.469 e. The fraction of sp³-hybridized carbons (Fsp3) is 0.571. The third-order valence-electron chi connectivity index (χ3n) is 3.75. The van der Waals surface area contributed by atoms with Gasteiger partial charge in [-0.15, -0.1) is 0 Å². The van der Waals surface area contributed by atoms with Gasteiger partial charge >= 0.3 is 0 Å². The van der Waals surface area contributed by atoms with E-state index >= 15 is 0 Å². The molecule has 1 aliphatic rings. The molecule has 0 aromatic carbocycles. The van der Waals surface area contributed by atoms with Gasteiger partial charge < -0.3 is 9.15 Å². The zero-order chi connectivity index (χ0) is 13.1. The van der Waals surface area contributed by atoms with Crippen LogP contribution in [-0.4, -0.2) is 25.3 Å². The Balaban J connectivity index is 2.32. The Bertz CT molecular complexity index is 421. The molecule has 4 heteroatoms. The summed E-state index contributed by atoms with van der Waals surface area (Å²) in [7, 11) is 1.61. The van der Waals surface area contributed by atoms with E-state index in [-0.39, 0.29) is 35.7 Å². The van der Waals surface area contributed by atoms with Gasteiger partial charge in [0.1, 0.15) is 17.3 Å². The average molecular weight is 250 g/mol. The fourth-order valence-corrected chi connectivity index (χ4v) is 2.68. The zero-order valence-corrected chi connectivity index (χ0v) is 10.7. The molecule has 3 atom stereocenters. The van der Waals surface area contributed by atoms with E-state index in [9.17, 15) is 9.59 Å². The molecule has 1 fully saturated rings. The maximum atomic E-state index is 11.9. The molecule has 0 unspecified atom stereocenters. The zero-order valence-electron chi connectivity index (χ0n) is 10.7. The number of rotatable bonds is 3. The monoisotopic (exact) mass is 250 g/mol. The minimum atomic E-state index is -0.175. The summed E-state index contributed by atoms with van der Waals surface area (Å²) in [6.45, 7) is 2.34. The predicted octanol–water partition coefficient (Wildman–Crippen LogP) is 2.19. The quantitative estimate of drug-likeness (QED) is 0.609. The molecule has 1 aromatic heterocycles. The van der Waals surface area contributed by atoms with Crippen LogP contribution in [0.25, 0.3) is 0 Å². The topological polar surface area (TPSA) is 56.5 Å². The van der Waals surface area contributed by atoms with Crippen LogP contribution in [0.4, 0.5) is 0 Å². The van der Waals surface area contributed by atoms with Crippen LogP contribution in [0.5, 0.6) is 0 Å². The highest BCUT2D eigenvalue weighted by Gasteiger charge is 2.38. The highest BCUT2D eigenvalue weighted by atomic mass is 16.5. The summed E-state index contributed by atoms with van der Waals surface area (Å²) in [4.78, 5) is 23.7. The standard InChI is InChI=1S/C14H18O4/c1-9-12(8-17-2)11(14-4-3-5-18-14)6-10(15)7-13(9)16/h3-5,9,11-12H,6-8H2,1-2H3/t9-,11-,12+/m1/s1. The van der Waals surface area contributed by atoms with E-state index in [1.54, 1.807) is 19.4 Å². The Morgan fingerprint density at radius 1 is 1.44 bits per heavy atom. The van der Waals surface area contributed by atoms with Gasteiger partial charge in [-0.1, -0.05) is 6.92 Å². The average Bonchev–Trinajstić information content (AvgIpc) is 2.83. The number of Topliss-reactive ketones (excluding diaryl/α,β-unsaturated/α-hetero) is 2. The molecule has 0 N–H and O–H groups in total. The first-order chi connectivity index (χ1) is 8.63. The molecule has 1 aromatic rings. The van der Waals surface area contributed by atoms with Gasteiger partial charge in [0.25, 0.3) is 0 Å². The van der Waals surface area contributed by atoms with Crippen molar-refractivity contribution in [2.24, 2.45) is 11.8 Å². The molecule has 0 amide bonds. The molecule has 0 bridgehead atoms. The molecule has 98 valence electrons. The van der Waals surface area contributed by atoms with E-state index in [0.717, 1.165) is 5.76 Å². The largest absolute Gasteiger partial charge is 0.469 e. The first kappa shape index (κ1) is 13.0. The Kier molecular flexibility index (Phi) is 3.97. The molecule has 1 heterocycles. The van der Waals surface area contributed by atoms with Crippen LogP contribution in [-0.2, 0) is 14.3 Å². The summed E-state index contributed by atoms with van der Waals surface area (Å²) in [5.74, 6) is 0.537. The molecule has 2 rings (SSSR count). The molecule has 18 heavy (non-hydrogen) atoms. The number of carbonyl (C=O) groups is 2. The van der Waals surface area contributed by atoms with Crippen LogP contribution in [0.2, 0.25) is 0 Å². The second-order valence-electron chi connectivity index (χ2n) is 4.92. The number of hydrogen-bond acceptors (Lipinski definition) is 4. The van der Waals surface area contributed by atoms with E-state index in [2.05, 4.69) is 0 Å². The van der Waals surface area contributed by atoms with Crippen molar-refractivity contribution >= 4 is 11.6 Å². The van der Waals surface area contributed by atoms with Crippen molar-refractivity contribution in [1.29, 1.82) is 0 Å². The van der Waals surface area contributed by atoms with E-state index in [0.29, 0.717) is 13.0 Å². The molecular weight excluding hydrogens is 232 g/mol. The maximum Gasteiger partial charge on any atom is 0.143 e. The van der Waals surface area contributed by atoms with E-state index < -0.39 is 0 Å². The van der Waals surface area contributed by atoms with Crippen LogP contribution in [0.15, 0.2) is 22.8 Å². The number of methoxy groups -OCH3 is 1. The Morgan fingerprint density at radius 3 is 2.83 bits per heavy atom. The lowest BCUT2D eigenvalue weighted by Crippen LogP contribution is -2.27. The summed E-state index contributed by atoms with van der Waals surface area (Å²) in [6.07, 6.45) is 2.00. The van der Waals surface area contributed by atoms with Gasteiger partial charge in [-0.2, -0.15) is 0 Å². The fourth-order valence-electron chi connectivity index (χ4n) is 2.68. The first-order valence-corrected chi connectivity index (χ1v) is 6.20. The minimum absolute atomic E-state index is 0.0000926. The predicted molar refractivity (Wildman–Crippen MR) is 65.2 cm³/mol. The summed E-state index contributed by atoms with van der Waals surface area (Å²) >= 11 is 0. The van der Waals surface area contributed by atoms with Gasteiger partial charge in [0.15, 0.2) is 0 Å². The van der Waals surface area contributed by atoms with Crippen molar-refractivity contribution in [1.82, 2.24) is 0 Å². The van der Waals surface area contributed by atoms with Crippen molar-refractivity contribution in [3.8, 4) is 0 Å². The van der Waals surface area contributed by atoms with Gasteiger partial charge in [-0.3, -0.25) is 9.59 Å². The summed E-state index contributed by atoms with van der Waals surface area (Å²) in [5.41, 5.74) is 0. The first-order valence-electron chi connectivity index (χ1n) is 6.20. The normalized spacial score (nSPS) is 29.3. The van der Waals surface area contributed by atoms with Crippen LogP contribution in [0.3, 0.4) is 0 Å². The highest BCUT2D eigenvalue weighted by Crippen LogP contribution is 2.37. The van der Waals surface area contributed by atoms with Crippen molar-refractivity contribution in [3.63, 3.8) is 0 Å². The lowest BCUT2D eigenvalue weighted by atomic mass is 9.80. The number of furan rings is 1. The Morgan fingerprint density at radius 2 is 2.22 bits per heavy atom. The third-order valence-corrected chi connectivity index (χ3v) is 3.75. The van der Waals surface area contributed by atoms with Gasteiger partial charge in [-0.05, 0) is 12.1 Å². The van der Waals surface area contributed by atoms with Gasteiger partial charge in [0, 0.05) is 31.3 Å². The Hall–Kier alpha value is -1.42. The van der Waals surface area contributed by atoms with E-state index in [1.807, 2.05) is 13.0 Å². The molecule has 0 aliphatic heterocycles. The van der Waals surface area contributed by atoms with Crippen LogP contribution in [0, 0.1) is 11.8 Å².